The second kappa shape index (κ2) is 7.04. The SMILES string of the molecule is C[C@@H]1CC[C@@]2(OC1)O[C@H]1[C@H](O)[C@H]3[C@@H]4CC=C5C[C@@H](O)CC[C@]5(C)[C@H]4C[C@@H](O)[C@]3(C)[C@H]1[C@@H]2C. The molecule has 2 saturated heterocycles. The summed E-state index contributed by atoms with van der Waals surface area (Å²) < 4.78 is 13.0. The molecule has 13 atom stereocenters. The van der Waals surface area contributed by atoms with Gasteiger partial charge in [0.25, 0.3) is 0 Å². The lowest BCUT2D eigenvalue weighted by atomic mass is 9.46. The number of aliphatic hydroxyl groups is 3. The highest BCUT2D eigenvalue weighted by atomic mass is 16.7. The van der Waals surface area contributed by atoms with Crippen molar-refractivity contribution < 1.29 is 24.8 Å². The molecule has 5 fully saturated rings. The first-order valence-corrected chi connectivity index (χ1v) is 13.2. The number of aliphatic hydroxyl groups excluding tert-OH is 3. The van der Waals surface area contributed by atoms with Crippen LogP contribution in [0, 0.1) is 46.3 Å². The molecule has 6 aliphatic rings. The zero-order valence-electron chi connectivity index (χ0n) is 20.2. The molecule has 0 unspecified atom stereocenters. The van der Waals surface area contributed by atoms with E-state index in [1.165, 1.54) is 5.57 Å². The third-order valence-corrected chi connectivity index (χ3v) is 11.5. The summed E-state index contributed by atoms with van der Waals surface area (Å²) in [5.41, 5.74) is 1.04. The molecule has 5 nitrogen and oxygen atoms in total. The average molecular weight is 447 g/mol. The number of allylic oxidation sites excluding steroid dienone is 1. The second-order valence-electron chi connectivity index (χ2n) is 12.8. The minimum atomic E-state index is -0.599. The van der Waals surface area contributed by atoms with E-state index in [1.54, 1.807) is 0 Å². The van der Waals surface area contributed by atoms with Crippen LogP contribution in [0.15, 0.2) is 11.6 Å². The molecule has 32 heavy (non-hydrogen) atoms. The van der Waals surface area contributed by atoms with Crippen molar-refractivity contribution in [3.8, 4) is 0 Å². The van der Waals surface area contributed by atoms with Crippen molar-refractivity contribution >= 4 is 0 Å². The predicted molar refractivity (Wildman–Crippen MR) is 120 cm³/mol. The fourth-order valence-electron chi connectivity index (χ4n) is 9.63. The summed E-state index contributed by atoms with van der Waals surface area (Å²) in [6.45, 7) is 9.76. The number of rotatable bonds is 0. The lowest BCUT2D eigenvalue weighted by molar-refractivity contribution is -0.283. The molecule has 0 radical (unpaired) electrons. The van der Waals surface area contributed by atoms with Crippen molar-refractivity contribution in [3.05, 3.63) is 11.6 Å². The Kier molecular flexibility index (Phi) is 4.84. The van der Waals surface area contributed by atoms with Crippen molar-refractivity contribution in [1.82, 2.24) is 0 Å². The van der Waals surface area contributed by atoms with Gasteiger partial charge in [0.1, 0.15) is 0 Å². The highest BCUT2D eigenvalue weighted by Crippen LogP contribution is 2.70. The van der Waals surface area contributed by atoms with E-state index in [-0.39, 0.29) is 40.8 Å². The van der Waals surface area contributed by atoms with Gasteiger partial charge in [-0.1, -0.05) is 39.3 Å². The standard InChI is InChI=1S/C27H42O5/c1-14-7-10-27(31-13-14)15(2)21-24(32-27)23(30)22-18-6-5-16-11-17(28)8-9-25(16,3)19(18)12-20(29)26(21,22)4/h5,14-15,17-24,28-30H,6-13H2,1-4H3/t14-,15+,17+,18-,19+,20-,21+,22-,23-,24-,25+,26-,27-/m1/s1. The maximum Gasteiger partial charge on any atom is 0.171 e. The fraction of sp³-hybridized carbons (Fsp3) is 0.926. The first-order chi connectivity index (χ1) is 15.1. The number of hydrogen-bond acceptors (Lipinski definition) is 5. The van der Waals surface area contributed by atoms with Crippen molar-refractivity contribution in [2.45, 2.75) is 103 Å². The van der Waals surface area contributed by atoms with Crippen LogP contribution in [0.4, 0.5) is 0 Å². The molecule has 3 saturated carbocycles. The van der Waals surface area contributed by atoms with Gasteiger partial charge >= 0.3 is 0 Å². The Labute approximate surface area is 192 Å². The third kappa shape index (κ3) is 2.64. The Morgan fingerprint density at radius 3 is 2.53 bits per heavy atom. The summed E-state index contributed by atoms with van der Waals surface area (Å²) in [6, 6.07) is 0. The molecule has 2 heterocycles. The quantitative estimate of drug-likeness (QED) is 0.495. The molecule has 1 spiro atoms. The third-order valence-electron chi connectivity index (χ3n) is 11.5. The Bertz CT molecular complexity index is 802. The Balaban J connectivity index is 1.35. The van der Waals surface area contributed by atoms with Crippen LogP contribution in [0.1, 0.15) is 72.6 Å². The first-order valence-electron chi connectivity index (χ1n) is 13.2. The van der Waals surface area contributed by atoms with Crippen molar-refractivity contribution in [1.29, 1.82) is 0 Å². The molecule has 6 rings (SSSR count). The minimum Gasteiger partial charge on any atom is -0.393 e. The summed E-state index contributed by atoms with van der Waals surface area (Å²) in [7, 11) is 0. The van der Waals surface area contributed by atoms with E-state index in [4.69, 9.17) is 9.47 Å². The van der Waals surface area contributed by atoms with E-state index in [2.05, 4.69) is 33.8 Å². The first kappa shape index (κ1) is 22.0. The Hall–Kier alpha value is -0.460. The zero-order chi connectivity index (χ0) is 22.6. The molecule has 180 valence electrons. The van der Waals surface area contributed by atoms with Crippen LogP contribution in [0.25, 0.3) is 0 Å². The molecule has 2 aliphatic heterocycles. The van der Waals surface area contributed by atoms with Crippen LogP contribution < -0.4 is 0 Å². The smallest absolute Gasteiger partial charge is 0.171 e. The van der Waals surface area contributed by atoms with Crippen LogP contribution in [-0.2, 0) is 9.47 Å². The van der Waals surface area contributed by atoms with Gasteiger partial charge in [-0.25, -0.2) is 0 Å². The van der Waals surface area contributed by atoms with E-state index in [0.717, 1.165) is 44.9 Å². The van der Waals surface area contributed by atoms with Gasteiger partial charge < -0.3 is 24.8 Å². The molecular formula is C27H42O5. The van der Waals surface area contributed by atoms with Gasteiger partial charge in [0.15, 0.2) is 5.79 Å². The van der Waals surface area contributed by atoms with Gasteiger partial charge in [0.2, 0.25) is 0 Å². The molecule has 0 aromatic heterocycles. The molecule has 3 N–H and O–H groups in total. The summed E-state index contributed by atoms with van der Waals surface area (Å²) >= 11 is 0. The molecular weight excluding hydrogens is 404 g/mol. The van der Waals surface area contributed by atoms with Gasteiger partial charge in [-0.05, 0) is 67.6 Å². The number of fused-ring (bicyclic) bond motifs is 7. The molecule has 0 aromatic rings. The normalized spacial score (nSPS) is 61.5. The Morgan fingerprint density at radius 1 is 1.03 bits per heavy atom. The van der Waals surface area contributed by atoms with E-state index in [1.807, 2.05) is 0 Å². The maximum atomic E-state index is 11.8. The van der Waals surface area contributed by atoms with E-state index in [9.17, 15) is 15.3 Å². The van der Waals surface area contributed by atoms with Crippen LogP contribution in [0.3, 0.4) is 0 Å². The summed E-state index contributed by atoms with van der Waals surface area (Å²) in [5, 5.41) is 33.8. The predicted octanol–water partition coefficient (Wildman–Crippen LogP) is 3.66. The molecule has 0 aromatic carbocycles. The minimum absolute atomic E-state index is 0.0260. The maximum absolute atomic E-state index is 11.8. The lowest BCUT2D eigenvalue weighted by Gasteiger charge is -2.60. The summed E-state index contributed by atoms with van der Waals surface area (Å²) in [5.74, 6) is 0.960. The fourth-order valence-corrected chi connectivity index (χ4v) is 9.63. The highest BCUT2D eigenvalue weighted by Gasteiger charge is 2.74. The number of ether oxygens (including phenoxy) is 2. The largest absolute Gasteiger partial charge is 0.393 e. The van der Waals surface area contributed by atoms with Crippen molar-refractivity contribution in [2.75, 3.05) is 6.61 Å². The summed E-state index contributed by atoms with van der Waals surface area (Å²) in [4.78, 5) is 0. The summed E-state index contributed by atoms with van der Waals surface area (Å²) in [6.07, 6.45) is 7.14. The zero-order valence-corrected chi connectivity index (χ0v) is 20.2. The average Bonchev–Trinajstić information content (AvgIpc) is 3.16. The topological polar surface area (TPSA) is 79.2 Å². The Morgan fingerprint density at radius 2 is 1.81 bits per heavy atom. The van der Waals surface area contributed by atoms with Crippen LogP contribution >= 0.6 is 0 Å². The van der Waals surface area contributed by atoms with Gasteiger partial charge in [0.05, 0.1) is 31.0 Å². The number of hydrogen-bond donors (Lipinski definition) is 3. The second-order valence-corrected chi connectivity index (χ2v) is 12.8. The van der Waals surface area contributed by atoms with Crippen LogP contribution in [-0.4, -0.2) is 52.1 Å². The van der Waals surface area contributed by atoms with Gasteiger partial charge in [-0.2, -0.15) is 0 Å². The van der Waals surface area contributed by atoms with Crippen molar-refractivity contribution in [3.63, 3.8) is 0 Å². The monoisotopic (exact) mass is 446 g/mol. The van der Waals surface area contributed by atoms with Crippen molar-refractivity contribution in [2.24, 2.45) is 46.3 Å². The van der Waals surface area contributed by atoms with Gasteiger partial charge in [-0.15, -0.1) is 0 Å². The van der Waals surface area contributed by atoms with E-state index < -0.39 is 18.0 Å². The lowest BCUT2D eigenvalue weighted by Crippen LogP contribution is -2.59. The van der Waals surface area contributed by atoms with Gasteiger partial charge in [-0.3, -0.25) is 0 Å². The van der Waals surface area contributed by atoms with Gasteiger partial charge in [0, 0.05) is 23.7 Å². The molecule has 5 heteroatoms. The molecule has 0 amide bonds. The van der Waals surface area contributed by atoms with Crippen LogP contribution in [0.5, 0.6) is 0 Å². The van der Waals surface area contributed by atoms with Crippen LogP contribution in [0.2, 0.25) is 0 Å². The van der Waals surface area contributed by atoms with E-state index in [0.29, 0.717) is 24.4 Å². The highest BCUT2D eigenvalue weighted by molar-refractivity contribution is 5.28. The molecule has 0 bridgehead atoms. The molecule has 4 aliphatic carbocycles. The van der Waals surface area contributed by atoms with E-state index >= 15 is 0 Å².